The van der Waals surface area contributed by atoms with Gasteiger partial charge in [0.25, 0.3) is 15.6 Å². The van der Waals surface area contributed by atoms with E-state index in [2.05, 4.69) is 52.2 Å². The molecule has 3 rings (SSSR count). The Kier molecular flexibility index (Phi) is 41.6. The van der Waals surface area contributed by atoms with Crippen LogP contribution in [0.2, 0.25) is 0 Å². The van der Waals surface area contributed by atoms with E-state index in [0.29, 0.717) is 0 Å². The van der Waals surface area contributed by atoms with E-state index in [1.54, 1.807) is 95.5 Å². The highest BCUT2D eigenvalue weighted by atomic mass is 31.2. The van der Waals surface area contributed by atoms with Gasteiger partial charge in [0.2, 0.25) is 0 Å². The molecule has 3 fully saturated rings. The Balaban J connectivity index is 0.000000828. The molecule has 0 unspecified atom stereocenters. The maximum atomic E-state index is 11.0. The van der Waals surface area contributed by atoms with Gasteiger partial charge in [-0.25, -0.2) is 0 Å². The van der Waals surface area contributed by atoms with Crippen LogP contribution in [-0.4, -0.2) is 75.2 Å². The molecule has 0 aromatic rings. The first-order valence-corrected chi connectivity index (χ1v) is 35.3. The summed E-state index contributed by atoms with van der Waals surface area (Å²) in [6.45, 7) is 21.3. The van der Waals surface area contributed by atoms with Crippen LogP contribution in [0, 0.1) is 0 Å². The zero-order valence-electron chi connectivity index (χ0n) is 43.4. The molecule has 0 heterocycles. The zero-order chi connectivity index (χ0) is 47.1. The maximum Gasteiger partial charge on any atom is 0.267 e. The Labute approximate surface area is 394 Å². The van der Waals surface area contributed by atoms with Gasteiger partial charge >= 0.3 is 0 Å². The van der Waals surface area contributed by atoms with Gasteiger partial charge in [0.1, 0.15) is 0 Å². The van der Waals surface area contributed by atoms with Gasteiger partial charge in [-0.1, -0.05) is 113 Å². The standard InChI is InChI=1S/C19H42P.C16H30P.2C8H19O4P/c1-5-8-11-14-17-20(4,18-15-12-9-6-2)19-16-13-10-7-3;1-17(14-8-2-3-9-14,15-10-4-5-11-15)16-12-6-7-13-16;2*1-3-5-7-11-13(9,10)12-8-6-4-2/h5-19H2,1-4H3;14-16H,2-13H2,1H3;2*3-8H2,1-2H3,(H,9,10)/q2*+1;;/p-2. The third kappa shape index (κ3) is 32.5. The van der Waals surface area contributed by atoms with Crippen molar-refractivity contribution in [3.63, 3.8) is 0 Å². The lowest BCUT2D eigenvalue weighted by Gasteiger charge is -2.39. The molecule has 0 aromatic carbocycles. The van der Waals surface area contributed by atoms with Gasteiger partial charge in [0, 0.05) is 27.9 Å². The van der Waals surface area contributed by atoms with Gasteiger partial charge in [-0.15, -0.1) is 0 Å². The van der Waals surface area contributed by atoms with Crippen molar-refractivity contribution in [1.82, 2.24) is 0 Å². The Morgan fingerprint density at radius 1 is 0.381 bits per heavy atom. The fourth-order valence-electron chi connectivity index (χ4n) is 9.73. The van der Waals surface area contributed by atoms with Gasteiger partial charge < -0.3 is 27.9 Å². The lowest BCUT2D eigenvalue weighted by atomic mass is 10.2. The van der Waals surface area contributed by atoms with Crippen molar-refractivity contribution in [1.29, 1.82) is 0 Å². The molecule has 0 saturated heterocycles. The van der Waals surface area contributed by atoms with Gasteiger partial charge in [-0.05, 0) is 141 Å². The van der Waals surface area contributed by atoms with E-state index in [4.69, 9.17) is 0 Å². The number of hydrogen-bond acceptors (Lipinski definition) is 8. The van der Waals surface area contributed by atoms with Crippen molar-refractivity contribution in [2.24, 2.45) is 0 Å². The van der Waals surface area contributed by atoms with E-state index in [0.717, 1.165) is 51.4 Å². The summed E-state index contributed by atoms with van der Waals surface area (Å²) in [4.78, 5) is 21.9. The Bertz CT molecular complexity index is 959. The smallest absolute Gasteiger partial charge is 0.267 e. The molecule has 0 aromatic heterocycles. The first-order valence-electron chi connectivity index (χ1n) is 27.1. The van der Waals surface area contributed by atoms with Crippen molar-refractivity contribution in [2.45, 2.75) is 271 Å². The molecule has 380 valence electrons. The quantitative estimate of drug-likeness (QED) is 0.0462. The van der Waals surface area contributed by atoms with Crippen LogP contribution < -0.4 is 9.79 Å². The van der Waals surface area contributed by atoms with Crippen LogP contribution in [0.25, 0.3) is 0 Å². The molecule has 0 spiro atoms. The molecule has 3 aliphatic rings. The van der Waals surface area contributed by atoms with E-state index < -0.39 is 30.2 Å². The molecule has 8 nitrogen and oxygen atoms in total. The van der Waals surface area contributed by atoms with Gasteiger partial charge in [-0.3, -0.25) is 9.13 Å². The molecule has 3 aliphatic carbocycles. The first-order chi connectivity index (χ1) is 30.2. The van der Waals surface area contributed by atoms with Gasteiger partial charge in [0.15, 0.2) is 0 Å². The van der Waals surface area contributed by atoms with Gasteiger partial charge in [-0.2, -0.15) is 0 Å². The fraction of sp³-hybridized carbons (Fsp3) is 1.00. The topological polar surface area (TPSA) is 117 Å². The van der Waals surface area contributed by atoms with Crippen molar-refractivity contribution in [3.05, 3.63) is 0 Å². The molecule has 0 bridgehead atoms. The van der Waals surface area contributed by atoms with E-state index >= 15 is 0 Å². The molecule has 0 atom stereocenters. The highest BCUT2D eigenvalue weighted by Crippen LogP contribution is 2.76. The van der Waals surface area contributed by atoms with Crippen LogP contribution in [0.15, 0.2) is 0 Å². The maximum absolute atomic E-state index is 11.0. The summed E-state index contributed by atoms with van der Waals surface area (Å²) in [6.07, 6.45) is 47.8. The van der Waals surface area contributed by atoms with E-state index in [1.807, 2.05) is 27.7 Å². The summed E-state index contributed by atoms with van der Waals surface area (Å²) in [5.74, 6) is 0. The van der Waals surface area contributed by atoms with E-state index in [9.17, 15) is 18.9 Å². The first kappa shape index (κ1) is 64.1. The van der Waals surface area contributed by atoms with Gasteiger partial charge in [0.05, 0.1) is 61.9 Å². The Hall–Kier alpha value is 1.08. The fourth-order valence-corrected chi connectivity index (χ4v) is 21.1. The number of hydrogen-bond donors (Lipinski definition) is 0. The zero-order valence-corrected chi connectivity index (χ0v) is 46.9. The van der Waals surface area contributed by atoms with Crippen LogP contribution in [0.3, 0.4) is 0 Å². The molecule has 0 aliphatic heterocycles. The number of phosphoric ester groups is 2. The highest BCUT2D eigenvalue weighted by Gasteiger charge is 2.55. The van der Waals surface area contributed by atoms with Crippen molar-refractivity contribution < 1.29 is 37.0 Å². The van der Waals surface area contributed by atoms with E-state index in [-0.39, 0.29) is 26.4 Å². The van der Waals surface area contributed by atoms with Crippen LogP contribution in [0.5, 0.6) is 0 Å². The Morgan fingerprint density at radius 2 is 0.603 bits per heavy atom. The molecule has 0 radical (unpaired) electrons. The molecule has 3 saturated carbocycles. The van der Waals surface area contributed by atoms with Crippen LogP contribution in [0.1, 0.15) is 254 Å². The largest absolute Gasteiger partial charge is 0.756 e. The summed E-state index contributed by atoms with van der Waals surface area (Å²) >= 11 is 0. The lowest BCUT2D eigenvalue weighted by Crippen LogP contribution is -2.27. The SMILES string of the molecule is CCCCCC[P+](C)(CCCCCC)CCCCCC.CCCCOP(=O)([O-])OCCCC.CCCCOP(=O)([O-])OCCCC.C[P+](C1CCCC1)(C1CCCC1)C1CCCC1. The molecule has 63 heavy (non-hydrogen) atoms. The van der Waals surface area contributed by atoms with Crippen molar-refractivity contribution >= 4 is 30.2 Å². The van der Waals surface area contributed by atoms with Crippen LogP contribution in [-0.2, 0) is 27.2 Å². The predicted molar refractivity (Wildman–Crippen MR) is 278 cm³/mol. The second-order valence-electron chi connectivity index (χ2n) is 19.7. The minimum absolute atomic E-state index is 0.226. The third-order valence-electron chi connectivity index (χ3n) is 14.0. The third-order valence-corrected chi connectivity index (χ3v) is 26.4. The molecule has 0 N–H and O–H groups in total. The molecular weight excluding hydrogens is 864 g/mol. The predicted octanol–water partition coefficient (Wildman–Crippen LogP) is 17.0. The summed E-state index contributed by atoms with van der Waals surface area (Å²) in [5, 5.41) is 0. The second-order valence-corrected chi connectivity index (χ2v) is 31.7. The highest BCUT2D eigenvalue weighted by molar-refractivity contribution is 7.77. The minimum Gasteiger partial charge on any atom is -0.756 e. The van der Waals surface area contributed by atoms with Crippen LogP contribution >= 0.6 is 30.2 Å². The monoisotopic (exact) mass is 973 g/mol. The summed E-state index contributed by atoms with van der Waals surface area (Å²) in [6, 6.07) is 0. The summed E-state index contributed by atoms with van der Waals surface area (Å²) in [5.41, 5.74) is 3.61. The van der Waals surface area contributed by atoms with Crippen molar-refractivity contribution in [2.75, 3.05) is 58.2 Å². The minimum atomic E-state index is -4.00. The summed E-state index contributed by atoms with van der Waals surface area (Å²) < 4.78 is 40.3. The lowest BCUT2D eigenvalue weighted by molar-refractivity contribution is -0.227. The van der Waals surface area contributed by atoms with Crippen molar-refractivity contribution in [3.8, 4) is 0 Å². The second kappa shape index (κ2) is 40.9. The Morgan fingerprint density at radius 3 is 0.810 bits per heavy atom. The molecule has 12 heteroatoms. The summed E-state index contributed by atoms with van der Waals surface area (Å²) in [7, 11) is -9.21. The number of phosphoric acid groups is 2. The molecular formula is C51H108O8P4. The average molecular weight is 973 g/mol. The molecule has 0 amide bonds. The van der Waals surface area contributed by atoms with Crippen LogP contribution in [0.4, 0.5) is 0 Å². The average Bonchev–Trinajstić information content (AvgIpc) is 4.10. The number of rotatable bonds is 34. The number of unbranched alkanes of at least 4 members (excludes halogenated alkanes) is 13. The van der Waals surface area contributed by atoms with E-state index in [1.165, 1.54) is 94.0 Å². The normalized spacial score (nSPS) is 16.7.